The second-order valence-corrected chi connectivity index (χ2v) is 6.06. The van der Waals surface area contributed by atoms with Crippen molar-refractivity contribution in [3.63, 3.8) is 0 Å². The van der Waals surface area contributed by atoms with Gasteiger partial charge in [0.1, 0.15) is 0 Å². The maximum atomic E-state index is 13.1. The Balaban J connectivity index is 2.26. The fourth-order valence-electron chi connectivity index (χ4n) is 2.73. The minimum atomic E-state index is -1.28. The Morgan fingerprint density at radius 3 is 1.82 bits per heavy atom. The summed E-state index contributed by atoms with van der Waals surface area (Å²) in [7, 11) is 0. The lowest BCUT2D eigenvalue weighted by atomic mass is 10.0. The summed E-state index contributed by atoms with van der Waals surface area (Å²) < 4.78 is 9.93. The second kappa shape index (κ2) is 10.9. The van der Waals surface area contributed by atoms with Crippen LogP contribution in [0, 0.1) is 5.92 Å². The van der Waals surface area contributed by atoms with Crippen molar-refractivity contribution in [2.45, 2.75) is 26.8 Å². The van der Waals surface area contributed by atoms with Crippen LogP contribution in [-0.2, 0) is 30.4 Å². The highest BCUT2D eigenvalue weighted by atomic mass is 16.6. The Bertz CT molecular complexity index is 758. The highest BCUT2D eigenvalue weighted by Crippen LogP contribution is 2.21. The first-order valence-corrected chi connectivity index (χ1v) is 9.29. The second-order valence-electron chi connectivity index (χ2n) is 6.06. The number of carbonyl (C=O) groups is 3. The maximum Gasteiger partial charge on any atom is 0.320 e. The molecule has 0 heterocycles. The number of nitrogens with zero attached hydrogens (tertiary/aromatic N) is 1. The van der Waals surface area contributed by atoms with E-state index in [1.807, 2.05) is 60.7 Å². The molecule has 0 saturated heterocycles. The molecule has 0 atom stereocenters. The zero-order chi connectivity index (χ0) is 20.4. The Kier molecular flexibility index (Phi) is 8.21. The lowest BCUT2D eigenvalue weighted by Gasteiger charge is -2.24. The van der Waals surface area contributed by atoms with Gasteiger partial charge in [-0.1, -0.05) is 48.5 Å². The average molecular weight is 383 g/mol. The minimum absolute atomic E-state index is 0.120. The van der Waals surface area contributed by atoms with Crippen LogP contribution in [0.4, 0.5) is 5.69 Å². The summed E-state index contributed by atoms with van der Waals surface area (Å²) in [5.41, 5.74) is 1.62. The molecular formula is C22H25NO5. The number of carbonyl (C=O) groups excluding carboxylic acids is 3. The Morgan fingerprint density at radius 2 is 1.32 bits per heavy atom. The molecule has 6 nitrogen and oxygen atoms in total. The van der Waals surface area contributed by atoms with E-state index in [9.17, 15) is 14.4 Å². The highest BCUT2D eigenvalue weighted by Gasteiger charge is 2.34. The molecule has 0 aliphatic rings. The van der Waals surface area contributed by atoms with Crippen LogP contribution in [0.5, 0.6) is 0 Å². The van der Waals surface area contributed by atoms with Crippen LogP contribution < -0.4 is 4.90 Å². The van der Waals surface area contributed by atoms with Gasteiger partial charge in [-0.2, -0.15) is 0 Å². The van der Waals surface area contributed by atoms with E-state index in [0.29, 0.717) is 12.2 Å². The molecule has 1 amide bonds. The van der Waals surface area contributed by atoms with Crippen molar-refractivity contribution in [1.82, 2.24) is 0 Å². The largest absolute Gasteiger partial charge is 0.465 e. The molecule has 2 aromatic carbocycles. The molecule has 0 aliphatic heterocycles. The number of ether oxygens (including phenoxy) is 2. The normalized spacial score (nSPS) is 10.4. The minimum Gasteiger partial charge on any atom is -0.465 e. The molecular weight excluding hydrogens is 358 g/mol. The van der Waals surface area contributed by atoms with Gasteiger partial charge in [0.05, 0.1) is 26.2 Å². The third-order valence-corrected chi connectivity index (χ3v) is 4.07. The molecule has 0 aliphatic carbocycles. The molecule has 0 unspecified atom stereocenters. The van der Waals surface area contributed by atoms with Gasteiger partial charge in [-0.15, -0.1) is 0 Å². The summed E-state index contributed by atoms with van der Waals surface area (Å²) in [5.74, 6) is -3.14. The number of anilines is 1. The summed E-state index contributed by atoms with van der Waals surface area (Å²) in [4.78, 5) is 39.1. The summed E-state index contributed by atoms with van der Waals surface area (Å²) in [6, 6.07) is 18.6. The SMILES string of the molecule is CCOC(=O)C(CC(=O)N(Cc1ccccc1)c1ccccc1)C(=O)OCC. The average Bonchev–Trinajstić information content (AvgIpc) is 2.71. The third kappa shape index (κ3) is 5.94. The van der Waals surface area contributed by atoms with Crippen LogP contribution in [-0.4, -0.2) is 31.1 Å². The molecule has 0 N–H and O–H groups in total. The predicted octanol–water partition coefficient (Wildman–Crippen LogP) is 3.35. The highest BCUT2D eigenvalue weighted by molar-refractivity contribution is 6.02. The molecule has 0 fully saturated rings. The zero-order valence-electron chi connectivity index (χ0n) is 16.2. The van der Waals surface area contributed by atoms with E-state index in [0.717, 1.165) is 5.56 Å². The van der Waals surface area contributed by atoms with Crippen LogP contribution >= 0.6 is 0 Å². The van der Waals surface area contributed by atoms with Crippen molar-refractivity contribution < 1.29 is 23.9 Å². The van der Waals surface area contributed by atoms with Gasteiger partial charge in [-0.3, -0.25) is 14.4 Å². The quantitative estimate of drug-likeness (QED) is 0.490. The van der Waals surface area contributed by atoms with Crippen molar-refractivity contribution in [2.24, 2.45) is 5.92 Å². The number of benzene rings is 2. The van der Waals surface area contributed by atoms with E-state index in [1.54, 1.807) is 18.7 Å². The van der Waals surface area contributed by atoms with Crippen LogP contribution in [0.2, 0.25) is 0 Å². The fraction of sp³-hybridized carbons (Fsp3) is 0.318. The Labute approximate surface area is 165 Å². The van der Waals surface area contributed by atoms with Crippen molar-refractivity contribution in [3.8, 4) is 0 Å². The molecule has 28 heavy (non-hydrogen) atoms. The van der Waals surface area contributed by atoms with Gasteiger partial charge in [0.2, 0.25) is 5.91 Å². The molecule has 0 spiro atoms. The zero-order valence-corrected chi connectivity index (χ0v) is 16.2. The summed E-state index contributed by atoms with van der Waals surface area (Å²) in [5, 5.41) is 0. The van der Waals surface area contributed by atoms with Gasteiger partial charge in [0.15, 0.2) is 5.92 Å². The van der Waals surface area contributed by atoms with Crippen LogP contribution in [0.15, 0.2) is 60.7 Å². The molecule has 0 saturated carbocycles. The number of amides is 1. The number of para-hydroxylation sites is 1. The summed E-state index contributed by atoms with van der Waals surface area (Å²) in [6.07, 6.45) is -0.320. The topological polar surface area (TPSA) is 72.9 Å². The Morgan fingerprint density at radius 1 is 0.821 bits per heavy atom. The van der Waals surface area contributed by atoms with E-state index < -0.39 is 17.9 Å². The van der Waals surface area contributed by atoms with Crippen LogP contribution in [0.1, 0.15) is 25.8 Å². The maximum absolute atomic E-state index is 13.1. The van der Waals surface area contributed by atoms with Crippen molar-refractivity contribution in [3.05, 3.63) is 66.2 Å². The summed E-state index contributed by atoms with van der Waals surface area (Å²) in [6.45, 7) is 3.86. The molecule has 148 valence electrons. The van der Waals surface area contributed by atoms with E-state index in [4.69, 9.17) is 9.47 Å². The van der Waals surface area contributed by atoms with Crippen LogP contribution in [0.25, 0.3) is 0 Å². The van der Waals surface area contributed by atoms with Gasteiger partial charge < -0.3 is 14.4 Å². The van der Waals surface area contributed by atoms with Gasteiger partial charge in [0.25, 0.3) is 0 Å². The first-order valence-electron chi connectivity index (χ1n) is 9.29. The first-order chi connectivity index (χ1) is 13.6. The molecule has 6 heteroatoms. The van der Waals surface area contributed by atoms with E-state index in [2.05, 4.69) is 0 Å². The van der Waals surface area contributed by atoms with Crippen molar-refractivity contribution in [1.29, 1.82) is 0 Å². The third-order valence-electron chi connectivity index (χ3n) is 4.07. The molecule has 0 aromatic heterocycles. The number of hydrogen-bond acceptors (Lipinski definition) is 5. The lowest BCUT2D eigenvalue weighted by Crippen LogP contribution is -2.37. The number of hydrogen-bond donors (Lipinski definition) is 0. The smallest absolute Gasteiger partial charge is 0.320 e. The summed E-state index contributed by atoms with van der Waals surface area (Å²) >= 11 is 0. The van der Waals surface area contributed by atoms with Gasteiger partial charge in [-0.05, 0) is 31.5 Å². The van der Waals surface area contributed by atoms with Crippen molar-refractivity contribution in [2.75, 3.05) is 18.1 Å². The number of esters is 2. The number of rotatable bonds is 9. The fourth-order valence-corrected chi connectivity index (χ4v) is 2.73. The van der Waals surface area contributed by atoms with E-state index in [-0.39, 0.29) is 25.5 Å². The van der Waals surface area contributed by atoms with Gasteiger partial charge in [-0.25, -0.2) is 0 Å². The molecule has 0 radical (unpaired) electrons. The monoisotopic (exact) mass is 383 g/mol. The molecule has 2 aromatic rings. The molecule has 0 bridgehead atoms. The Hall–Kier alpha value is -3.15. The van der Waals surface area contributed by atoms with E-state index >= 15 is 0 Å². The predicted molar refractivity (Wildman–Crippen MR) is 105 cm³/mol. The first kappa shape index (κ1) is 21.2. The van der Waals surface area contributed by atoms with Crippen molar-refractivity contribution >= 4 is 23.5 Å². The van der Waals surface area contributed by atoms with Gasteiger partial charge >= 0.3 is 11.9 Å². The standard InChI is InChI=1S/C22H25NO5/c1-3-27-21(25)19(22(26)28-4-2)15-20(24)23(18-13-9-6-10-14-18)16-17-11-7-5-8-12-17/h5-14,19H,3-4,15-16H2,1-2H3. The molecule has 2 rings (SSSR count). The van der Waals surface area contributed by atoms with Gasteiger partial charge in [0, 0.05) is 5.69 Å². The van der Waals surface area contributed by atoms with Crippen LogP contribution in [0.3, 0.4) is 0 Å². The van der Waals surface area contributed by atoms with E-state index in [1.165, 1.54) is 0 Å². The lowest BCUT2D eigenvalue weighted by molar-refractivity contribution is -0.163.